The van der Waals surface area contributed by atoms with Crippen LogP contribution in [0.1, 0.15) is 0 Å². The number of para-hydroxylation sites is 6. The minimum atomic E-state index is -0.102. The Kier molecular flexibility index (Phi) is 7.00. The molecular formula is C60H37BN4. The second-order valence-electron chi connectivity index (χ2n) is 17.6. The van der Waals surface area contributed by atoms with Gasteiger partial charge >= 0.3 is 0 Å². The third-order valence-electron chi connectivity index (χ3n) is 14.4. The first-order valence-corrected chi connectivity index (χ1v) is 22.6. The van der Waals surface area contributed by atoms with E-state index in [0.29, 0.717) is 0 Å². The van der Waals surface area contributed by atoms with Gasteiger partial charge in [0.05, 0.1) is 33.3 Å². The summed E-state index contributed by atoms with van der Waals surface area (Å²) in [6.45, 7) is -0.102. The van der Waals surface area contributed by atoms with Gasteiger partial charge in [0, 0.05) is 66.4 Å². The summed E-state index contributed by atoms with van der Waals surface area (Å²) in [7, 11) is 0. The van der Waals surface area contributed by atoms with E-state index in [-0.39, 0.29) is 6.71 Å². The standard InChI is InChI=1S/C60H37BN4/c1-5-19-38(20-6-1)39-35-52-57-53(36-39)64(42-25-11-4-12-26-42)60-47(33-34-51-55(60)44-28-14-17-31-49(44)62(51)40-21-7-2-8-22-40)61(57)58-54(63(52)41-23-9-3-10-24-41)37-46-43-27-13-16-30-48(43)65-50-32-18-15-29-45(50)56(58)59(46)65/h1-37H. The molecule has 2 aliphatic rings. The summed E-state index contributed by atoms with van der Waals surface area (Å²) in [6.07, 6.45) is 0. The fraction of sp³-hybridized carbons (Fsp3) is 0. The normalized spacial score (nSPS) is 13.1. The molecule has 10 aromatic carbocycles. The number of nitrogens with zero attached hydrogens (tertiary/aromatic N) is 4. The van der Waals surface area contributed by atoms with Crippen LogP contribution in [0.5, 0.6) is 0 Å². The summed E-state index contributed by atoms with van der Waals surface area (Å²) in [6, 6.07) is 83.2. The molecule has 0 fully saturated rings. The molecule has 4 nitrogen and oxygen atoms in total. The fourth-order valence-corrected chi connectivity index (χ4v) is 11.9. The minimum absolute atomic E-state index is 0.102. The van der Waals surface area contributed by atoms with E-state index in [9.17, 15) is 0 Å². The number of aromatic nitrogens is 2. The zero-order valence-electron chi connectivity index (χ0n) is 35.2. The Hall–Kier alpha value is -8.54. The van der Waals surface area contributed by atoms with Gasteiger partial charge < -0.3 is 18.8 Å². The zero-order valence-corrected chi connectivity index (χ0v) is 35.2. The van der Waals surface area contributed by atoms with Crippen LogP contribution in [-0.2, 0) is 0 Å². The van der Waals surface area contributed by atoms with Crippen molar-refractivity contribution in [2.24, 2.45) is 0 Å². The molecule has 0 saturated heterocycles. The zero-order chi connectivity index (χ0) is 42.3. The monoisotopic (exact) mass is 824 g/mol. The van der Waals surface area contributed by atoms with Crippen molar-refractivity contribution >= 4 is 117 Å². The van der Waals surface area contributed by atoms with Gasteiger partial charge in [-0.05, 0) is 106 Å². The van der Waals surface area contributed by atoms with Crippen molar-refractivity contribution in [1.29, 1.82) is 0 Å². The Morgan fingerprint density at radius 2 is 0.831 bits per heavy atom. The predicted molar refractivity (Wildman–Crippen MR) is 275 cm³/mol. The van der Waals surface area contributed by atoms with Crippen molar-refractivity contribution in [3.63, 3.8) is 0 Å². The molecule has 0 radical (unpaired) electrons. The van der Waals surface area contributed by atoms with Gasteiger partial charge in [0.25, 0.3) is 6.71 Å². The van der Waals surface area contributed by atoms with E-state index < -0.39 is 0 Å². The summed E-state index contributed by atoms with van der Waals surface area (Å²) >= 11 is 0. The van der Waals surface area contributed by atoms with Gasteiger partial charge in [-0.25, -0.2) is 0 Å². The molecule has 0 unspecified atom stereocenters. The van der Waals surface area contributed by atoms with E-state index in [4.69, 9.17) is 0 Å². The number of benzene rings is 10. The molecule has 0 saturated carbocycles. The first-order valence-electron chi connectivity index (χ1n) is 22.6. The Labute approximate surface area is 375 Å². The van der Waals surface area contributed by atoms with Gasteiger partial charge in [0.1, 0.15) is 0 Å². The summed E-state index contributed by atoms with van der Waals surface area (Å²) in [5.41, 5.74) is 20.7. The molecule has 0 bridgehead atoms. The van der Waals surface area contributed by atoms with E-state index in [1.165, 1.54) is 110 Å². The average Bonchev–Trinajstić information content (AvgIpc) is 4.02. The molecule has 0 aliphatic carbocycles. The topological polar surface area (TPSA) is 15.8 Å². The lowest BCUT2D eigenvalue weighted by atomic mass is 9.32. The van der Waals surface area contributed by atoms with Crippen LogP contribution in [0.25, 0.3) is 76.7 Å². The van der Waals surface area contributed by atoms with E-state index in [0.717, 1.165) is 17.1 Å². The minimum Gasteiger partial charge on any atom is -0.311 e. The number of rotatable bonds is 4. The van der Waals surface area contributed by atoms with Crippen molar-refractivity contribution in [3.05, 3.63) is 224 Å². The van der Waals surface area contributed by atoms with Crippen molar-refractivity contribution in [1.82, 2.24) is 8.97 Å². The van der Waals surface area contributed by atoms with E-state index >= 15 is 0 Å². The molecule has 3 aromatic heterocycles. The molecule has 2 aliphatic heterocycles. The Bertz CT molecular complexity index is 4060. The molecule has 5 heteroatoms. The second-order valence-corrected chi connectivity index (χ2v) is 17.6. The van der Waals surface area contributed by atoms with Crippen LogP contribution in [0.3, 0.4) is 0 Å². The molecule has 15 rings (SSSR count). The molecule has 65 heavy (non-hydrogen) atoms. The maximum atomic E-state index is 2.60. The predicted octanol–water partition coefficient (Wildman–Crippen LogP) is 13.7. The molecule has 0 N–H and O–H groups in total. The van der Waals surface area contributed by atoms with Crippen molar-refractivity contribution in [2.45, 2.75) is 0 Å². The smallest absolute Gasteiger partial charge is 0.253 e. The fourth-order valence-electron chi connectivity index (χ4n) is 11.9. The van der Waals surface area contributed by atoms with Crippen molar-refractivity contribution in [3.8, 4) is 16.8 Å². The largest absolute Gasteiger partial charge is 0.311 e. The SMILES string of the molecule is c1ccc(-c2cc3c4c(c2)N(c2ccccc2)c2c(ccc5c2c2ccccc2n5-c2ccccc2)B4c2c(cc4c5ccccc5n5c6ccccc6c2c45)N3c2ccccc2)cc1. The van der Waals surface area contributed by atoms with Crippen LogP contribution in [0.15, 0.2) is 224 Å². The molecule has 0 amide bonds. The van der Waals surface area contributed by atoms with Crippen LogP contribution in [0.4, 0.5) is 34.1 Å². The Balaban J connectivity index is 1.19. The van der Waals surface area contributed by atoms with Gasteiger partial charge in [0.15, 0.2) is 0 Å². The average molecular weight is 825 g/mol. The summed E-state index contributed by atoms with van der Waals surface area (Å²) in [4.78, 5) is 5.17. The summed E-state index contributed by atoms with van der Waals surface area (Å²) in [5.74, 6) is 0. The van der Waals surface area contributed by atoms with Gasteiger partial charge in [0.2, 0.25) is 0 Å². The number of anilines is 6. The van der Waals surface area contributed by atoms with Crippen LogP contribution < -0.4 is 26.2 Å². The van der Waals surface area contributed by atoms with E-state index in [1.54, 1.807) is 0 Å². The maximum Gasteiger partial charge on any atom is 0.253 e. The van der Waals surface area contributed by atoms with Gasteiger partial charge in [-0.3, -0.25) is 0 Å². The van der Waals surface area contributed by atoms with Crippen LogP contribution in [-0.4, -0.2) is 15.7 Å². The van der Waals surface area contributed by atoms with E-state index in [1.807, 2.05) is 0 Å². The highest BCUT2D eigenvalue weighted by atomic mass is 15.2. The maximum absolute atomic E-state index is 2.60. The highest BCUT2D eigenvalue weighted by Crippen LogP contribution is 2.51. The lowest BCUT2D eigenvalue weighted by Gasteiger charge is -2.45. The quantitative estimate of drug-likeness (QED) is 0.164. The Morgan fingerprint density at radius 3 is 1.51 bits per heavy atom. The third kappa shape index (κ3) is 4.61. The molecule has 0 atom stereocenters. The Morgan fingerprint density at radius 1 is 0.323 bits per heavy atom. The first kappa shape index (κ1) is 35.0. The summed E-state index contributed by atoms with van der Waals surface area (Å²) < 4.78 is 4.99. The second kappa shape index (κ2) is 13.0. The highest BCUT2D eigenvalue weighted by Gasteiger charge is 2.46. The van der Waals surface area contributed by atoms with Crippen molar-refractivity contribution < 1.29 is 0 Å². The lowest BCUT2D eigenvalue weighted by molar-refractivity contribution is 1.18. The third-order valence-corrected chi connectivity index (χ3v) is 14.4. The first-order chi connectivity index (χ1) is 32.3. The van der Waals surface area contributed by atoms with Gasteiger partial charge in [-0.1, -0.05) is 146 Å². The molecule has 13 aromatic rings. The van der Waals surface area contributed by atoms with Crippen molar-refractivity contribution in [2.75, 3.05) is 9.80 Å². The highest BCUT2D eigenvalue weighted by molar-refractivity contribution is 7.02. The number of fused-ring (bicyclic) bond motifs is 15. The summed E-state index contributed by atoms with van der Waals surface area (Å²) in [5, 5.41) is 7.64. The number of hydrogen-bond acceptors (Lipinski definition) is 2. The molecule has 5 heterocycles. The van der Waals surface area contributed by atoms with Crippen LogP contribution in [0, 0.1) is 0 Å². The molecular weight excluding hydrogens is 787 g/mol. The van der Waals surface area contributed by atoms with Crippen LogP contribution in [0.2, 0.25) is 0 Å². The lowest BCUT2D eigenvalue weighted by Crippen LogP contribution is -2.61. The molecule has 0 spiro atoms. The van der Waals surface area contributed by atoms with Gasteiger partial charge in [-0.15, -0.1) is 0 Å². The van der Waals surface area contributed by atoms with Gasteiger partial charge in [-0.2, -0.15) is 0 Å². The van der Waals surface area contributed by atoms with Crippen LogP contribution >= 0.6 is 0 Å². The number of hydrogen-bond donors (Lipinski definition) is 0. The molecule has 300 valence electrons. The van der Waals surface area contributed by atoms with E-state index in [2.05, 4.69) is 243 Å².